The Morgan fingerprint density at radius 1 is 1.17 bits per heavy atom. The van der Waals surface area contributed by atoms with Crippen LogP contribution in [0, 0.1) is 0 Å². The van der Waals surface area contributed by atoms with Crippen molar-refractivity contribution in [3.05, 3.63) is 58.0 Å². The number of likely N-dealkylation sites (tertiary alicyclic amines) is 1. The Morgan fingerprint density at radius 2 is 1.93 bits per heavy atom. The lowest BCUT2D eigenvalue weighted by atomic mass is 9.99. The summed E-state index contributed by atoms with van der Waals surface area (Å²) in [6, 6.07) is 13.6. The first kappa shape index (κ1) is 19.5. The number of hydrogen-bond donors (Lipinski definition) is 1. The number of imidazole rings is 1. The van der Waals surface area contributed by atoms with Crippen LogP contribution >= 0.6 is 11.6 Å². The van der Waals surface area contributed by atoms with E-state index in [-0.39, 0.29) is 17.3 Å². The number of fused-ring (bicyclic) bond motifs is 2. The number of nitrogens with one attached hydrogen (secondary N) is 1. The predicted molar refractivity (Wildman–Crippen MR) is 118 cm³/mol. The molecule has 158 valence electrons. The molecule has 2 aromatic carbocycles. The highest BCUT2D eigenvalue weighted by Crippen LogP contribution is 2.36. The molecule has 0 amide bonds. The maximum Gasteiger partial charge on any atom is 0.326 e. The average Bonchev–Trinajstić information content (AvgIpc) is 3.07. The SMILES string of the molecule is CC1(CCN2CCC(n3c(=O)[nH]c4cc(Cl)ccc43)CC2)COc2ccccc2O1. The van der Waals surface area contributed by atoms with E-state index in [9.17, 15) is 4.79 Å². The lowest BCUT2D eigenvalue weighted by molar-refractivity contribution is -0.00875. The molecule has 0 aliphatic carbocycles. The Bertz CT molecular complexity index is 1120. The summed E-state index contributed by atoms with van der Waals surface area (Å²) in [7, 11) is 0. The van der Waals surface area contributed by atoms with Gasteiger partial charge in [-0.15, -0.1) is 0 Å². The van der Waals surface area contributed by atoms with E-state index >= 15 is 0 Å². The molecule has 1 N–H and O–H groups in total. The minimum atomic E-state index is -0.321. The number of ether oxygens (including phenoxy) is 2. The number of aromatic nitrogens is 2. The summed E-state index contributed by atoms with van der Waals surface area (Å²) in [6.07, 6.45) is 2.80. The second kappa shape index (κ2) is 7.67. The van der Waals surface area contributed by atoms with Crippen LogP contribution in [0.3, 0.4) is 0 Å². The van der Waals surface area contributed by atoms with E-state index in [1.807, 2.05) is 47.0 Å². The van der Waals surface area contributed by atoms with Crippen LogP contribution in [-0.4, -0.2) is 46.3 Å². The average molecular weight is 428 g/mol. The number of benzene rings is 2. The Hall–Kier alpha value is -2.44. The highest BCUT2D eigenvalue weighted by molar-refractivity contribution is 6.31. The van der Waals surface area contributed by atoms with Gasteiger partial charge in [0.1, 0.15) is 12.2 Å². The second-order valence-corrected chi connectivity index (χ2v) is 9.01. The monoisotopic (exact) mass is 427 g/mol. The van der Waals surface area contributed by atoms with Crippen LogP contribution in [0.25, 0.3) is 11.0 Å². The molecule has 6 nitrogen and oxygen atoms in total. The van der Waals surface area contributed by atoms with Crippen molar-refractivity contribution < 1.29 is 9.47 Å². The molecule has 1 aromatic heterocycles. The molecule has 30 heavy (non-hydrogen) atoms. The number of rotatable bonds is 4. The minimum absolute atomic E-state index is 0.0513. The Kier molecular flexibility index (Phi) is 4.99. The molecule has 0 saturated carbocycles. The van der Waals surface area contributed by atoms with Gasteiger partial charge in [-0.25, -0.2) is 4.79 Å². The first-order chi connectivity index (χ1) is 14.5. The fraction of sp³-hybridized carbons (Fsp3) is 0.435. The minimum Gasteiger partial charge on any atom is -0.486 e. The topological polar surface area (TPSA) is 59.5 Å². The van der Waals surface area contributed by atoms with Crippen molar-refractivity contribution in [2.75, 3.05) is 26.2 Å². The number of H-pyrrole nitrogens is 1. The van der Waals surface area contributed by atoms with Crippen molar-refractivity contribution in [1.82, 2.24) is 14.5 Å². The maximum atomic E-state index is 12.5. The van der Waals surface area contributed by atoms with E-state index in [0.717, 1.165) is 61.4 Å². The number of para-hydroxylation sites is 2. The molecule has 1 fully saturated rings. The summed E-state index contributed by atoms with van der Waals surface area (Å²) in [5.41, 5.74) is 1.36. The summed E-state index contributed by atoms with van der Waals surface area (Å²) < 4.78 is 14.1. The van der Waals surface area contributed by atoms with Crippen molar-refractivity contribution in [2.45, 2.75) is 37.8 Å². The molecule has 5 rings (SSSR count). The molecule has 3 aromatic rings. The van der Waals surface area contributed by atoms with Gasteiger partial charge in [0.15, 0.2) is 11.5 Å². The molecule has 0 radical (unpaired) electrons. The number of halogens is 1. The lowest BCUT2D eigenvalue weighted by Gasteiger charge is -2.38. The van der Waals surface area contributed by atoms with Crippen LogP contribution in [0.1, 0.15) is 32.2 Å². The van der Waals surface area contributed by atoms with Crippen LogP contribution in [0.15, 0.2) is 47.3 Å². The smallest absolute Gasteiger partial charge is 0.326 e. The Balaban J connectivity index is 1.20. The molecule has 1 atom stereocenters. The standard InChI is InChI=1S/C23H26ClN3O3/c1-23(15-29-20-4-2-3-5-21(20)30-23)10-13-26-11-8-17(9-12-26)27-19-7-6-16(24)14-18(19)25-22(27)28/h2-7,14,17H,8-13,15H2,1H3,(H,25,28). The van der Waals surface area contributed by atoms with Crippen molar-refractivity contribution in [3.8, 4) is 11.5 Å². The number of nitrogens with zero attached hydrogens (tertiary/aromatic N) is 2. The second-order valence-electron chi connectivity index (χ2n) is 8.57. The highest BCUT2D eigenvalue weighted by atomic mass is 35.5. The molecule has 1 unspecified atom stereocenters. The molecular formula is C23H26ClN3O3. The van der Waals surface area contributed by atoms with Gasteiger partial charge >= 0.3 is 5.69 Å². The van der Waals surface area contributed by atoms with E-state index in [4.69, 9.17) is 21.1 Å². The maximum absolute atomic E-state index is 12.5. The largest absolute Gasteiger partial charge is 0.486 e. The van der Waals surface area contributed by atoms with Gasteiger partial charge in [0.25, 0.3) is 0 Å². The molecular weight excluding hydrogens is 402 g/mol. The predicted octanol–water partition coefficient (Wildman–Crippen LogP) is 4.24. The molecule has 1 saturated heterocycles. The van der Waals surface area contributed by atoms with Crippen molar-refractivity contribution in [2.24, 2.45) is 0 Å². The van der Waals surface area contributed by atoms with Crippen molar-refractivity contribution in [3.63, 3.8) is 0 Å². The molecule has 7 heteroatoms. The van der Waals surface area contributed by atoms with Gasteiger partial charge in [0.05, 0.1) is 11.0 Å². The van der Waals surface area contributed by atoms with Gasteiger partial charge in [0, 0.05) is 37.1 Å². The molecule has 2 aliphatic rings. The first-order valence-electron chi connectivity index (χ1n) is 10.5. The molecule has 0 spiro atoms. The van der Waals surface area contributed by atoms with Crippen LogP contribution in [0.2, 0.25) is 5.02 Å². The Labute approximate surface area is 180 Å². The molecule has 0 bridgehead atoms. The first-order valence-corrected chi connectivity index (χ1v) is 10.9. The van der Waals surface area contributed by atoms with Gasteiger partial charge in [-0.1, -0.05) is 23.7 Å². The van der Waals surface area contributed by atoms with Gasteiger partial charge in [0.2, 0.25) is 0 Å². The van der Waals surface area contributed by atoms with Gasteiger partial charge in [-0.05, 0) is 50.1 Å². The van der Waals surface area contributed by atoms with E-state index in [2.05, 4.69) is 16.8 Å². The Morgan fingerprint density at radius 3 is 2.73 bits per heavy atom. The van der Waals surface area contributed by atoms with Gasteiger partial charge < -0.3 is 19.4 Å². The number of hydrogen-bond acceptors (Lipinski definition) is 4. The summed E-state index contributed by atoms with van der Waals surface area (Å²) in [6.45, 7) is 5.56. The van der Waals surface area contributed by atoms with Crippen LogP contribution < -0.4 is 15.2 Å². The van der Waals surface area contributed by atoms with Crippen LogP contribution in [0.5, 0.6) is 11.5 Å². The normalized spacial score (nSPS) is 22.5. The zero-order valence-corrected chi connectivity index (χ0v) is 17.8. The van der Waals surface area contributed by atoms with E-state index in [0.29, 0.717) is 11.6 Å². The fourth-order valence-corrected chi connectivity index (χ4v) is 4.74. The molecule has 2 aliphatic heterocycles. The van der Waals surface area contributed by atoms with E-state index < -0.39 is 0 Å². The molecule has 3 heterocycles. The number of piperidine rings is 1. The third kappa shape index (κ3) is 3.70. The fourth-order valence-electron chi connectivity index (χ4n) is 4.56. The third-order valence-electron chi connectivity index (χ3n) is 6.30. The van der Waals surface area contributed by atoms with Crippen LogP contribution in [0.4, 0.5) is 0 Å². The summed E-state index contributed by atoms with van der Waals surface area (Å²) in [5.74, 6) is 1.64. The quantitative estimate of drug-likeness (QED) is 0.676. The van der Waals surface area contributed by atoms with E-state index in [1.165, 1.54) is 0 Å². The summed E-state index contributed by atoms with van der Waals surface area (Å²) in [4.78, 5) is 17.9. The van der Waals surface area contributed by atoms with Gasteiger partial charge in [-0.3, -0.25) is 4.57 Å². The summed E-state index contributed by atoms with van der Waals surface area (Å²) >= 11 is 6.07. The highest BCUT2D eigenvalue weighted by Gasteiger charge is 2.34. The lowest BCUT2D eigenvalue weighted by Crippen LogP contribution is -2.46. The third-order valence-corrected chi connectivity index (χ3v) is 6.53. The zero-order chi connectivity index (χ0) is 20.7. The zero-order valence-electron chi connectivity index (χ0n) is 17.1. The summed E-state index contributed by atoms with van der Waals surface area (Å²) in [5, 5.41) is 0.635. The van der Waals surface area contributed by atoms with Gasteiger partial charge in [-0.2, -0.15) is 0 Å². The van der Waals surface area contributed by atoms with Crippen LogP contribution in [-0.2, 0) is 0 Å². The van der Waals surface area contributed by atoms with Crippen molar-refractivity contribution >= 4 is 22.6 Å². The van der Waals surface area contributed by atoms with E-state index in [1.54, 1.807) is 0 Å². The number of aromatic amines is 1. The van der Waals surface area contributed by atoms with Crippen molar-refractivity contribution in [1.29, 1.82) is 0 Å².